The first-order valence-electron chi connectivity index (χ1n) is 8.28. The lowest BCUT2D eigenvalue weighted by Gasteiger charge is -2.25. The third-order valence-corrected chi connectivity index (χ3v) is 4.27. The van der Waals surface area contributed by atoms with Crippen molar-refractivity contribution in [1.82, 2.24) is 0 Å². The summed E-state index contributed by atoms with van der Waals surface area (Å²) in [6.07, 6.45) is 6.86. The standard InChI is InChI=1S/C18H26O6/c1-4-5-7-14-8-6-9-18(17(23)24-14,10-12(2)15(19)20)11-13(3)16(21)22/h10-11,14H,4-9H2,1-3H3,(H,19,20)(H,21,22). The van der Waals surface area contributed by atoms with E-state index in [1.807, 2.05) is 0 Å². The van der Waals surface area contributed by atoms with Crippen molar-refractivity contribution in [3.63, 3.8) is 0 Å². The van der Waals surface area contributed by atoms with Gasteiger partial charge in [-0.2, -0.15) is 0 Å². The van der Waals surface area contributed by atoms with Gasteiger partial charge in [-0.25, -0.2) is 9.59 Å². The molecule has 6 heteroatoms. The number of unbranched alkanes of at least 4 members (excludes halogenated alkanes) is 1. The maximum Gasteiger partial charge on any atom is 0.330 e. The van der Waals surface area contributed by atoms with Gasteiger partial charge in [0, 0.05) is 11.1 Å². The molecule has 1 rings (SSSR count). The lowest BCUT2D eigenvalue weighted by Crippen LogP contribution is -2.31. The zero-order valence-electron chi connectivity index (χ0n) is 14.5. The fourth-order valence-electron chi connectivity index (χ4n) is 2.88. The highest BCUT2D eigenvalue weighted by Crippen LogP contribution is 2.37. The predicted molar refractivity (Wildman–Crippen MR) is 88.5 cm³/mol. The summed E-state index contributed by atoms with van der Waals surface area (Å²) in [5, 5.41) is 18.3. The summed E-state index contributed by atoms with van der Waals surface area (Å²) >= 11 is 0. The summed E-state index contributed by atoms with van der Waals surface area (Å²) < 4.78 is 5.58. The van der Waals surface area contributed by atoms with E-state index in [0.717, 1.165) is 19.3 Å². The highest BCUT2D eigenvalue weighted by molar-refractivity contribution is 5.92. The van der Waals surface area contributed by atoms with Gasteiger partial charge in [0.2, 0.25) is 0 Å². The molecule has 1 aliphatic rings. The molecule has 0 saturated carbocycles. The number of carbonyl (C=O) groups excluding carboxylic acids is 1. The Balaban J connectivity index is 3.24. The van der Waals surface area contributed by atoms with Gasteiger partial charge in [0.15, 0.2) is 0 Å². The van der Waals surface area contributed by atoms with Gasteiger partial charge in [-0.1, -0.05) is 31.9 Å². The summed E-state index contributed by atoms with van der Waals surface area (Å²) in [7, 11) is 0. The first kappa shape index (κ1) is 19.9. The third-order valence-electron chi connectivity index (χ3n) is 4.27. The number of aliphatic carboxylic acids is 2. The topological polar surface area (TPSA) is 101 Å². The highest BCUT2D eigenvalue weighted by Gasteiger charge is 2.40. The van der Waals surface area contributed by atoms with E-state index in [0.29, 0.717) is 19.3 Å². The van der Waals surface area contributed by atoms with Gasteiger partial charge in [-0.05, 0) is 39.5 Å². The van der Waals surface area contributed by atoms with Crippen molar-refractivity contribution < 1.29 is 29.3 Å². The molecule has 134 valence electrons. The van der Waals surface area contributed by atoms with Crippen LogP contribution in [0.5, 0.6) is 0 Å². The van der Waals surface area contributed by atoms with Crippen LogP contribution in [0.2, 0.25) is 0 Å². The van der Waals surface area contributed by atoms with Crippen LogP contribution in [0.1, 0.15) is 59.3 Å². The van der Waals surface area contributed by atoms with Gasteiger partial charge in [-0.3, -0.25) is 4.79 Å². The number of hydrogen-bond donors (Lipinski definition) is 2. The first-order chi connectivity index (χ1) is 11.2. The van der Waals surface area contributed by atoms with Gasteiger partial charge < -0.3 is 14.9 Å². The largest absolute Gasteiger partial charge is 0.478 e. The van der Waals surface area contributed by atoms with Crippen LogP contribution in [0.25, 0.3) is 0 Å². The van der Waals surface area contributed by atoms with Gasteiger partial charge in [0.1, 0.15) is 11.5 Å². The zero-order chi connectivity index (χ0) is 18.3. The van der Waals surface area contributed by atoms with E-state index in [1.54, 1.807) is 0 Å². The summed E-state index contributed by atoms with van der Waals surface area (Å²) in [5.74, 6) is -2.85. The van der Waals surface area contributed by atoms with Crippen molar-refractivity contribution in [1.29, 1.82) is 0 Å². The first-order valence-corrected chi connectivity index (χ1v) is 8.28. The van der Waals surface area contributed by atoms with E-state index >= 15 is 0 Å². The van der Waals surface area contributed by atoms with Crippen LogP contribution < -0.4 is 0 Å². The third kappa shape index (κ3) is 5.22. The van der Waals surface area contributed by atoms with Crippen LogP contribution in [0.3, 0.4) is 0 Å². The van der Waals surface area contributed by atoms with Gasteiger partial charge in [0.05, 0.1) is 0 Å². The molecule has 1 heterocycles. The van der Waals surface area contributed by atoms with Crippen molar-refractivity contribution >= 4 is 17.9 Å². The molecule has 24 heavy (non-hydrogen) atoms. The van der Waals surface area contributed by atoms with Crippen LogP contribution in [0, 0.1) is 5.41 Å². The number of carboxylic acid groups (broad SMARTS) is 2. The molecule has 2 N–H and O–H groups in total. The van der Waals surface area contributed by atoms with E-state index in [2.05, 4.69) is 6.92 Å². The monoisotopic (exact) mass is 338 g/mol. The molecule has 0 aromatic heterocycles. The Morgan fingerprint density at radius 3 is 2.21 bits per heavy atom. The number of carboxylic acids is 2. The number of rotatable bonds is 7. The fraction of sp³-hybridized carbons (Fsp3) is 0.611. The molecule has 1 aliphatic heterocycles. The minimum Gasteiger partial charge on any atom is -0.478 e. The maximum absolute atomic E-state index is 12.7. The van der Waals surface area contributed by atoms with Crippen LogP contribution >= 0.6 is 0 Å². The predicted octanol–water partition coefficient (Wildman–Crippen LogP) is 3.32. The molecule has 1 unspecified atom stereocenters. The Hall–Kier alpha value is -2.11. The molecule has 0 amide bonds. The fourth-order valence-corrected chi connectivity index (χ4v) is 2.88. The van der Waals surface area contributed by atoms with E-state index in [-0.39, 0.29) is 17.3 Å². The van der Waals surface area contributed by atoms with E-state index in [1.165, 1.54) is 26.0 Å². The van der Waals surface area contributed by atoms with Gasteiger partial charge in [-0.15, -0.1) is 0 Å². The van der Waals surface area contributed by atoms with Crippen LogP contribution in [0.4, 0.5) is 0 Å². The van der Waals surface area contributed by atoms with E-state index < -0.39 is 23.3 Å². The van der Waals surface area contributed by atoms with E-state index in [9.17, 15) is 14.4 Å². The van der Waals surface area contributed by atoms with Gasteiger partial charge >= 0.3 is 17.9 Å². The van der Waals surface area contributed by atoms with Gasteiger partial charge in [0.25, 0.3) is 0 Å². The smallest absolute Gasteiger partial charge is 0.330 e. The number of ether oxygens (including phenoxy) is 1. The van der Waals surface area contributed by atoms with Crippen molar-refractivity contribution in [3.8, 4) is 0 Å². The highest BCUT2D eigenvalue weighted by atomic mass is 16.5. The maximum atomic E-state index is 12.7. The Morgan fingerprint density at radius 1 is 1.21 bits per heavy atom. The summed E-state index contributed by atoms with van der Waals surface area (Å²) in [4.78, 5) is 35.1. The number of carbonyl (C=O) groups is 3. The van der Waals surface area contributed by atoms with Crippen molar-refractivity contribution in [2.24, 2.45) is 5.41 Å². The lowest BCUT2D eigenvalue weighted by molar-refractivity contribution is -0.154. The molecule has 1 fully saturated rings. The summed E-state index contributed by atoms with van der Waals surface area (Å²) in [6, 6.07) is 0. The SMILES string of the molecule is CCCCC1CCCC(C=C(C)C(=O)O)(C=C(C)C(=O)O)C(=O)O1. The molecule has 0 aliphatic carbocycles. The average molecular weight is 338 g/mol. The minimum atomic E-state index is -1.34. The van der Waals surface area contributed by atoms with Crippen LogP contribution in [0.15, 0.2) is 23.3 Å². The van der Waals surface area contributed by atoms with Crippen LogP contribution in [-0.4, -0.2) is 34.2 Å². The summed E-state index contributed by atoms with van der Waals surface area (Å²) in [5.41, 5.74) is -1.35. The summed E-state index contributed by atoms with van der Waals surface area (Å²) in [6.45, 7) is 4.84. The Labute approximate surface area is 142 Å². The zero-order valence-corrected chi connectivity index (χ0v) is 14.5. The molecule has 0 aromatic carbocycles. The molecular formula is C18H26O6. The quantitative estimate of drug-likeness (QED) is 0.545. The second-order valence-electron chi connectivity index (χ2n) is 6.37. The Morgan fingerprint density at radius 2 is 1.75 bits per heavy atom. The normalized spacial score (nSPS) is 25.8. The molecular weight excluding hydrogens is 312 g/mol. The molecule has 1 saturated heterocycles. The van der Waals surface area contributed by atoms with Crippen molar-refractivity contribution in [2.45, 2.75) is 65.4 Å². The Bertz CT molecular complexity index is 528. The number of esters is 1. The molecule has 0 radical (unpaired) electrons. The van der Waals surface area contributed by atoms with E-state index in [4.69, 9.17) is 14.9 Å². The molecule has 0 aromatic rings. The van der Waals surface area contributed by atoms with Crippen LogP contribution in [-0.2, 0) is 19.1 Å². The molecule has 0 bridgehead atoms. The molecule has 6 nitrogen and oxygen atoms in total. The Kier molecular flexibility index (Phi) is 7.19. The van der Waals surface area contributed by atoms with Crippen molar-refractivity contribution in [2.75, 3.05) is 0 Å². The van der Waals surface area contributed by atoms with Crippen molar-refractivity contribution in [3.05, 3.63) is 23.3 Å². The second-order valence-corrected chi connectivity index (χ2v) is 6.37. The second kappa shape index (κ2) is 8.66. The molecule has 0 spiro atoms. The lowest BCUT2D eigenvalue weighted by atomic mass is 9.80. The number of cyclic esters (lactones) is 1. The minimum absolute atomic E-state index is 0.00611. The number of hydrogen-bond acceptors (Lipinski definition) is 4. The average Bonchev–Trinajstić information content (AvgIpc) is 2.65. The molecule has 1 atom stereocenters.